The molecule has 0 aliphatic heterocycles. The minimum Gasteiger partial charge on any atom is -0.310 e. The topological polar surface area (TPSA) is 45.8 Å². The maximum Gasteiger partial charge on any atom is 0.258 e. The van der Waals surface area contributed by atoms with Crippen molar-refractivity contribution in [2.45, 2.75) is 19.8 Å². The number of halogens is 2. The minimum atomic E-state index is -0.156. The number of H-pyrrole nitrogens is 1. The van der Waals surface area contributed by atoms with Gasteiger partial charge in [0.2, 0.25) is 0 Å². The summed E-state index contributed by atoms with van der Waals surface area (Å²) < 4.78 is 0.739. The zero-order chi connectivity index (χ0) is 11.9. The molecule has 0 saturated carbocycles. The molecule has 1 heterocycles. The Morgan fingerprint density at radius 2 is 2.12 bits per heavy atom. The van der Waals surface area contributed by atoms with Crippen LogP contribution < -0.4 is 5.56 Å². The van der Waals surface area contributed by atoms with Gasteiger partial charge in [-0.25, -0.2) is 4.98 Å². The molecule has 0 aliphatic carbocycles. The van der Waals surface area contributed by atoms with E-state index in [-0.39, 0.29) is 11.5 Å². The molecule has 1 aromatic carbocycles. The molecule has 0 radical (unpaired) electrons. The Morgan fingerprint density at radius 3 is 2.75 bits per heavy atom. The van der Waals surface area contributed by atoms with Crippen molar-refractivity contribution in [1.29, 1.82) is 0 Å². The summed E-state index contributed by atoms with van der Waals surface area (Å²) in [5, 5.41) is 1.02. The molecule has 0 atom stereocenters. The number of aromatic amines is 1. The number of hydrogen-bond acceptors (Lipinski definition) is 2. The third kappa shape index (κ3) is 1.99. The van der Waals surface area contributed by atoms with E-state index in [0.29, 0.717) is 21.7 Å². The summed E-state index contributed by atoms with van der Waals surface area (Å²) in [5.74, 6) is 0.861. The van der Waals surface area contributed by atoms with E-state index in [0.717, 1.165) is 4.47 Å². The first-order valence-electron chi connectivity index (χ1n) is 4.88. The van der Waals surface area contributed by atoms with E-state index in [1.165, 1.54) is 0 Å². The predicted molar refractivity (Wildman–Crippen MR) is 69.2 cm³/mol. The Kier molecular flexibility index (Phi) is 3.04. The molecular formula is C11H10BrClN2O. The van der Waals surface area contributed by atoms with Crippen LogP contribution in [0.1, 0.15) is 25.6 Å². The fourth-order valence-corrected chi connectivity index (χ4v) is 2.36. The fourth-order valence-electron chi connectivity index (χ4n) is 1.46. The van der Waals surface area contributed by atoms with Gasteiger partial charge in [0.05, 0.1) is 10.9 Å². The van der Waals surface area contributed by atoms with Crippen molar-refractivity contribution >= 4 is 38.4 Å². The van der Waals surface area contributed by atoms with Gasteiger partial charge in [0.15, 0.2) is 0 Å². The minimum absolute atomic E-state index is 0.156. The van der Waals surface area contributed by atoms with Gasteiger partial charge < -0.3 is 4.98 Å². The Labute approximate surface area is 106 Å². The van der Waals surface area contributed by atoms with Crippen LogP contribution in [0.4, 0.5) is 0 Å². The van der Waals surface area contributed by atoms with Gasteiger partial charge in [0.1, 0.15) is 5.82 Å². The van der Waals surface area contributed by atoms with Crippen LogP contribution >= 0.6 is 27.5 Å². The first-order chi connectivity index (χ1) is 7.49. The van der Waals surface area contributed by atoms with E-state index in [4.69, 9.17) is 11.6 Å². The standard InChI is InChI=1S/C11H10BrClN2O/c1-5(2)10-14-9-7(11(16)15-10)3-6(13)4-8(9)12/h3-5H,1-2H3,(H,14,15,16). The lowest BCUT2D eigenvalue weighted by molar-refractivity contribution is 0.776. The van der Waals surface area contributed by atoms with Crippen LogP contribution in [0.15, 0.2) is 21.4 Å². The van der Waals surface area contributed by atoms with Gasteiger partial charge in [-0.3, -0.25) is 4.79 Å². The molecule has 1 N–H and O–H groups in total. The molecular weight excluding hydrogens is 291 g/mol. The second-order valence-electron chi connectivity index (χ2n) is 3.89. The Bertz CT molecular complexity index is 607. The lowest BCUT2D eigenvalue weighted by atomic mass is 10.2. The van der Waals surface area contributed by atoms with E-state index in [1.54, 1.807) is 12.1 Å². The van der Waals surface area contributed by atoms with Gasteiger partial charge in [-0.2, -0.15) is 0 Å². The molecule has 16 heavy (non-hydrogen) atoms. The van der Waals surface area contributed by atoms with Gasteiger partial charge >= 0.3 is 0 Å². The molecule has 0 aliphatic rings. The van der Waals surface area contributed by atoms with Crippen LogP contribution in [0, 0.1) is 0 Å². The van der Waals surface area contributed by atoms with Crippen LogP contribution in [-0.2, 0) is 0 Å². The van der Waals surface area contributed by atoms with Crippen molar-refractivity contribution < 1.29 is 0 Å². The lowest BCUT2D eigenvalue weighted by Gasteiger charge is -2.07. The monoisotopic (exact) mass is 300 g/mol. The number of nitrogens with one attached hydrogen (secondary N) is 1. The van der Waals surface area contributed by atoms with Crippen LogP contribution in [0.5, 0.6) is 0 Å². The molecule has 0 unspecified atom stereocenters. The molecule has 0 amide bonds. The summed E-state index contributed by atoms with van der Waals surface area (Å²) in [4.78, 5) is 19.0. The quantitative estimate of drug-likeness (QED) is 0.876. The average Bonchev–Trinajstić information content (AvgIpc) is 2.19. The molecule has 0 saturated heterocycles. The Hall–Kier alpha value is -0.870. The van der Waals surface area contributed by atoms with Crippen molar-refractivity contribution in [3.63, 3.8) is 0 Å². The molecule has 5 heteroatoms. The van der Waals surface area contributed by atoms with Gasteiger partial charge in [-0.05, 0) is 28.1 Å². The number of aromatic nitrogens is 2. The molecule has 84 valence electrons. The highest BCUT2D eigenvalue weighted by Crippen LogP contribution is 2.25. The summed E-state index contributed by atoms with van der Waals surface area (Å²) in [6.07, 6.45) is 0. The summed E-state index contributed by atoms with van der Waals surface area (Å²) in [6.45, 7) is 3.96. The fraction of sp³-hybridized carbons (Fsp3) is 0.273. The van der Waals surface area contributed by atoms with Crippen molar-refractivity contribution in [1.82, 2.24) is 9.97 Å². The van der Waals surface area contributed by atoms with Crippen LogP contribution in [0.25, 0.3) is 10.9 Å². The first kappa shape index (κ1) is 11.6. The SMILES string of the molecule is CC(C)c1nc2c(Br)cc(Cl)cc2c(=O)[nH]1. The summed E-state index contributed by atoms with van der Waals surface area (Å²) in [7, 11) is 0. The molecule has 0 bridgehead atoms. The second kappa shape index (κ2) is 4.18. The van der Waals surface area contributed by atoms with Crippen LogP contribution in [0.3, 0.4) is 0 Å². The average molecular weight is 302 g/mol. The molecule has 2 aromatic rings. The number of rotatable bonds is 1. The van der Waals surface area contributed by atoms with E-state index >= 15 is 0 Å². The van der Waals surface area contributed by atoms with Crippen molar-refractivity contribution in [2.24, 2.45) is 0 Å². The van der Waals surface area contributed by atoms with Gasteiger partial charge in [-0.15, -0.1) is 0 Å². The number of nitrogens with zero attached hydrogens (tertiary/aromatic N) is 1. The van der Waals surface area contributed by atoms with Gasteiger partial charge in [-0.1, -0.05) is 25.4 Å². The van der Waals surface area contributed by atoms with Gasteiger partial charge in [0, 0.05) is 15.4 Å². The zero-order valence-electron chi connectivity index (χ0n) is 8.84. The third-order valence-corrected chi connectivity index (χ3v) is 3.12. The highest BCUT2D eigenvalue weighted by molar-refractivity contribution is 9.10. The largest absolute Gasteiger partial charge is 0.310 e. The molecule has 3 nitrogen and oxygen atoms in total. The lowest BCUT2D eigenvalue weighted by Crippen LogP contribution is -2.13. The molecule has 2 rings (SSSR count). The second-order valence-corrected chi connectivity index (χ2v) is 5.18. The molecule has 1 aromatic heterocycles. The van der Waals surface area contributed by atoms with Crippen molar-refractivity contribution in [2.75, 3.05) is 0 Å². The maximum absolute atomic E-state index is 11.8. The summed E-state index contributed by atoms with van der Waals surface area (Å²) in [6, 6.07) is 3.36. The van der Waals surface area contributed by atoms with Crippen LogP contribution in [0.2, 0.25) is 5.02 Å². The molecule has 0 fully saturated rings. The highest BCUT2D eigenvalue weighted by atomic mass is 79.9. The predicted octanol–water partition coefficient (Wildman–Crippen LogP) is 3.46. The normalized spacial score (nSPS) is 11.3. The van der Waals surface area contributed by atoms with E-state index in [1.807, 2.05) is 13.8 Å². The maximum atomic E-state index is 11.8. The van der Waals surface area contributed by atoms with Crippen molar-refractivity contribution in [3.05, 3.63) is 37.8 Å². The summed E-state index contributed by atoms with van der Waals surface area (Å²) in [5.41, 5.74) is 0.494. The Morgan fingerprint density at radius 1 is 1.44 bits per heavy atom. The van der Waals surface area contributed by atoms with E-state index < -0.39 is 0 Å². The molecule has 0 spiro atoms. The number of benzene rings is 1. The number of fused-ring (bicyclic) bond motifs is 1. The van der Waals surface area contributed by atoms with E-state index in [2.05, 4.69) is 25.9 Å². The third-order valence-electron chi connectivity index (χ3n) is 2.29. The van der Waals surface area contributed by atoms with Crippen molar-refractivity contribution in [3.8, 4) is 0 Å². The zero-order valence-corrected chi connectivity index (χ0v) is 11.2. The number of hydrogen-bond donors (Lipinski definition) is 1. The smallest absolute Gasteiger partial charge is 0.258 e. The Balaban J connectivity index is 2.87. The van der Waals surface area contributed by atoms with Crippen LogP contribution in [-0.4, -0.2) is 9.97 Å². The van der Waals surface area contributed by atoms with E-state index in [9.17, 15) is 4.79 Å². The summed E-state index contributed by atoms with van der Waals surface area (Å²) >= 11 is 9.25. The highest BCUT2D eigenvalue weighted by Gasteiger charge is 2.10. The van der Waals surface area contributed by atoms with Gasteiger partial charge in [0.25, 0.3) is 5.56 Å². The first-order valence-corrected chi connectivity index (χ1v) is 6.05.